The van der Waals surface area contributed by atoms with Crippen molar-refractivity contribution in [2.45, 2.75) is 13.0 Å². The monoisotopic (exact) mass is 143 g/mol. The second kappa shape index (κ2) is 3.28. The minimum atomic E-state index is -0.0792. The molecule has 0 atom stereocenters. The molecule has 56 valence electrons. The molecule has 0 spiro atoms. The van der Waals surface area contributed by atoms with E-state index in [2.05, 4.69) is 20.9 Å². The van der Waals surface area contributed by atoms with Gasteiger partial charge in [0.15, 0.2) is 5.82 Å². The van der Waals surface area contributed by atoms with Gasteiger partial charge in [-0.25, -0.2) is 4.98 Å². The fraction of sp³-hybridized carbons (Fsp3) is 0.600. The highest BCUT2D eigenvalue weighted by Gasteiger charge is 1.99. The number of nitrogens with zero attached hydrogens (tertiary/aromatic N) is 2. The lowest BCUT2D eigenvalue weighted by Crippen LogP contribution is -2.51. The van der Waals surface area contributed by atoms with E-state index in [0.29, 0.717) is 5.82 Å². The van der Waals surface area contributed by atoms with Crippen LogP contribution in [0.1, 0.15) is 11.6 Å². The first-order chi connectivity index (χ1) is 4.86. The molecule has 0 bridgehead atoms. The average Bonchev–Trinajstić information content (AvgIpc) is 2.37. The number of nitrogens with one attached hydrogen (secondary N) is 1. The van der Waals surface area contributed by atoms with Crippen molar-refractivity contribution in [1.82, 2.24) is 15.2 Å². The number of aliphatic hydroxyl groups excluding tert-OH is 1. The van der Waals surface area contributed by atoms with Gasteiger partial charge in [0.25, 0.3) is 0 Å². The van der Waals surface area contributed by atoms with Crippen LogP contribution in [0.2, 0.25) is 0 Å². The number of hydrogen-bond donors (Lipinski definition) is 3. The standard InChI is InChI=1S/C5H10N4O/c6-2-1-4-7-5(3-10)9-8-4/h10H,1-3,6H2,(H,7,8,9)/p+1. The molecule has 0 saturated heterocycles. The molecule has 0 amide bonds. The van der Waals surface area contributed by atoms with E-state index in [4.69, 9.17) is 5.11 Å². The highest BCUT2D eigenvalue weighted by Crippen LogP contribution is 1.90. The zero-order valence-corrected chi connectivity index (χ0v) is 5.67. The summed E-state index contributed by atoms with van der Waals surface area (Å²) >= 11 is 0. The summed E-state index contributed by atoms with van der Waals surface area (Å²) in [5, 5.41) is 15.0. The number of rotatable bonds is 3. The minimum absolute atomic E-state index is 0.0792. The van der Waals surface area contributed by atoms with Crippen LogP contribution >= 0.6 is 0 Å². The first-order valence-corrected chi connectivity index (χ1v) is 3.17. The van der Waals surface area contributed by atoms with E-state index in [1.165, 1.54) is 0 Å². The lowest BCUT2D eigenvalue weighted by molar-refractivity contribution is -0.366. The minimum Gasteiger partial charge on any atom is -0.388 e. The van der Waals surface area contributed by atoms with E-state index in [1.807, 2.05) is 0 Å². The predicted molar refractivity (Wildman–Crippen MR) is 33.8 cm³/mol. The van der Waals surface area contributed by atoms with Crippen LogP contribution in [0, 0.1) is 0 Å². The predicted octanol–water partition coefficient (Wildman–Crippen LogP) is -1.92. The molecule has 5 heteroatoms. The van der Waals surface area contributed by atoms with Crippen LogP contribution in [0.3, 0.4) is 0 Å². The normalized spacial score (nSPS) is 10.2. The SMILES string of the molecule is [NH3+]CCc1n[nH]c(CO)n1. The third kappa shape index (κ3) is 1.52. The average molecular weight is 143 g/mol. The molecule has 0 aliphatic carbocycles. The van der Waals surface area contributed by atoms with Crippen molar-refractivity contribution >= 4 is 0 Å². The van der Waals surface area contributed by atoms with Gasteiger partial charge in [0, 0.05) is 0 Å². The second-order valence-corrected chi connectivity index (χ2v) is 1.96. The molecule has 5 nitrogen and oxygen atoms in total. The van der Waals surface area contributed by atoms with Gasteiger partial charge in [0.05, 0.1) is 13.0 Å². The molecule has 1 rings (SSSR count). The Morgan fingerprint density at radius 2 is 2.40 bits per heavy atom. The van der Waals surface area contributed by atoms with Crippen molar-refractivity contribution in [2.24, 2.45) is 0 Å². The molecule has 5 N–H and O–H groups in total. The lowest BCUT2D eigenvalue weighted by atomic mass is 10.4. The Hall–Kier alpha value is -0.940. The van der Waals surface area contributed by atoms with Gasteiger partial charge >= 0.3 is 0 Å². The number of hydrogen-bond acceptors (Lipinski definition) is 3. The van der Waals surface area contributed by atoms with Crippen LogP contribution in [-0.2, 0) is 13.0 Å². The first kappa shape index (κ1) is 7.17. The van der Waals surface area contributed by atoms with Crippen LogP contribution in [0.15, 0.2) is 0 Å². The van der Waals surface area contributed by atoms with E-state index in [-0.39, 0.29) is 6.61 Å². The van der Waals surface area contributed by atoms with Gasteiger partial charge < -0.3 is 10.8 Å². The summed E-state index contributed by atoms with van der Waals surface area (Å²) in [7, 11) is 0. The van der Waals surface area contributed by atoms with Gasteiger partial charge in [0.2, 0.25) is 0 Å². The topological polar surface area (TPSA) is 89.4 Å². The maximum Gasteiger partial charge on any atom is 0.156 e. The van der Waals surface area contributed by atoms with Crippen molar-refractivity contribution in [3.63, 3.8) is 0 Å². The molecular weight excluding hydrogens is 132 g/mol. The quantitative estimate of drug-likeness (QED) is 0.461. The van der Waals surface area contributed by atoms with Gasteiger partial charge in [0.1, 0.15) is 12.4 Å². The summed E-state index contributed by atoms with van der Waals surface area (Å²) < 4.78 is 0. The van der Waals surface area contributed by atoms with Gasteiger partial charge in [-0.2, -0.15) is 5.10 Å². The van der Waals surface area contributed by atoms with Gasteiger partial charge in [-0.15, -0.1) is 0 Å². The van der Waals surface area contributed by atoms with Crippen molar-refractivity contribution in [3.05, 3.63) is 11.6 Å². The fourth-order valence-corrected chi connectivity index (χ4v) is 0.675. The Bertz CT molecular complexity index is 197. The molecule has 0 fully saturated rings. The molecule has 0 saturated carbocycles. The summed E-state index contributed by atoms with van der Waals surface area (Å²) in [6.07, 6.45) is 0.760. The van der Waals surface area contributed by atoms with Crippen molar-refractivity contribution in [3.8, 4) is 0 Å². The third-order valence-corrected chi connectivity index (χ3v) is 1.13. The van der Waals surface area contributed by atoms with Gasteiger partial charge in [-0.1, -0.05) is 0 Å². The van der Waals surface area contributed by atoms with E-state index in [9.17, 15) is 0 Å². The van der Waals surface area contributed by atoms with Crippen LogP contribution in [-0.4, -0.2) is 26.8 Å². The smallest absolute Gasteiger partial charge is 0.156 e. The Balaban J connectivity index is 2.59. The van der Waals surface area contributed by atoms with E-state index in [0.717, 1.165) is 18.8 Å². The Kier molecular flexibility index (Phi) is 2.35. The molecule has 0 aliphatic heterocycles. The number of aromatic nitrogens is 3. The van der Waals surface area contributed by atoms with Crippen LogP contribution < -0.4 is 5.73 Å². The summed E-state index contributed by atoms with van der Waals surface area (Å²) in [4.78, 5) is 3.96. The molecule has 1 heterocycles. The van der Waals surface area contributed by atoms with Gasteiger partial charge in [-0.05, 0) is 0 Å². The molecule has 1 aromatic heterocycles. The number of H-pyrrole nitrogens is 1. The number of aromatic amines is 1. The van der Waals surface area contributed by atoms with E-state index < -0.39 is 0 Å². The largest absolute Gasteiger partial charge is 0.388 e. The molecule has 10 heavy (non-hydrogen) atoms. The van der Waals surface area contributed by atoms with E-state index >= 15 is 0 Å². The zero-order valence-electron chi connectivity index (χ0n) is 5.67. The Morgan fingerprint density at radius 3 is 2.90 bits per heavy atom. The first-order valence-electron chi connectivity index (χ1n) is 3.17. The Morgan fingerprint density at radius 1 is 1.60 bits per heavy atom. The molecular formula is C5H11N4O+. The zero-order chi connectivity index (χ0) is 7.40. The van der Waals surface area contributed by atoms with Gasteiger partial charge in [-0.3, -0.25) is 5.10 Å². The summed E-state index contributed by atoms with van der Waals surface area (Å²) in [5.74, 6) is 1.24. The third-order valence-electron chi connectivity index (χ3n) is 1.13. The summed E-state index contributed by atoms with van der Waals surface area (Å²) in [5.41, 5.74) is 3.66. The molecule has 0 aromatic carbocycles. The van der Waals surface area contributed by atoms with Crippen molar-refractivity contribution in [1.29, 1.82) is 0 Å². The van der Waals surface area contributed by atoms with Crippen LogP contribution in [0.5, 0.6) is 0 Å². The van der Waals surface area contributed by atoms with Crippen molar-refractivity contribution < 1.29 is 10.8 Å². The molecule has 0 aliphatic rings. The fourth-order valence-electron chi connectivity index (χ4n) is 0.675. The highest BCUT2D eigenvalue weighted by atomic mass is 16.3. The highest BCUT2D eigenvalue weighted by molar-refractivity contribution is 4.88. The summed E-state index contributed by atoms with van der Waals surface area (Å²) in [6.45, 7) is 0.701. The second-order valence-electron chi connectivity index (χ2n) is 1.96. The lowest BCUT2D eigenvalue weighted by Gasteiger charge is -1.83. The van der Waals surface area contributed by atoms with Crippen LogP contribution in [0.4, 0.5) is 0 Å². The number of quaternary nitrogens is 1. The molecule has 0 unspecified atom stereocenters. The van der Waals surface area contributed by atoms with Crippen molar-refractivity contribution in [2.75, 3.05) is 6.54 Å². The van der Waals surface area contributed by atoms with E-state index in [1.54, 1.807) is 0 Å². The maximum absolute atomic E-state index is 8.57. The summed E-state index contributed by atoms with van der Waals surface area (Å²) in [6, 6.07) is 0. The molecule has 1 aromatic rings. The maximum atomic E-state index is 8.57. The van der Waals surface area contributed by atoms with Crippen LogP contribution in [0.25, 0.3) is 0 Å². The Labute approximate surface area is 58.3 Å². The number of aliphatic hydroxyl groups is 1. The molecule has 0 radical (unpaired) electrons.